The molecule has 1 N–H and O–H groups in total. The van der Waals surface area contributed by atoms with E-state index in [9.17, 15) is 4.79 Å². The van der Waals surface area contributed by atoms with Gasteiger partial charge < -0.3 is 9.64 Å². The first-order valence-electron chi connectivity index (χ1n) is 8.39. The molecule has 1 aliphatic rings. The van der Waals surface area contributed by atoms with Crippen LogP contribution in [0.4, 0.5) is 0 Å². The van der Waals surface area contributed by atoms with Crippen molar-refractivity contribution < 1.29 is 9.53 Å². The van der Waals surface area contributed by atoms with Gasteiger partial charge in [0, 0.05) is 37.1 Å². The zero-order valence-electron chi connectivity index (χ0n) is 14.1. The lowest BCUT2D eigenvalue weighted by Gasteiger charge is -2.15. The summed E-state index contributed by atoms with van der Waals surface area (Å²) in [5, 5.41) is 7.34. The predicted molar refractivity (Wildman–Crippen MR) is 91.8 cm³/mol. The summed E-state index contributed by atoms with van der Waals surface area (Å²) in [6.07, 6.45) is 9.40. The molecule has 0 fully saturated rings. The summed E-state index contributed by atoms with van der Waals surface area (Å²) in [6, 6.07) is 3.67. The van der Waals surface area contributed by atoms with Crippen LogP contribution in [-0.4, -0.2) is 36.0 Å². The van der Waals surface area contributed by atoms with Gasteiger partial charge in [0.05, 0.1) is 18.4 Å². The molecule has 26 heavy (non-hydrogen) atoms. The zero-order valence-corrected chi connectivity index (χ0v) is 14.1. The smallest absolute Gasteiger partial charge is 0.223 e. The Labute approximate surface area is 150 Å². The first-order chi connectivity index (χ1) is 12.8. The molecule has 0 atom stereocenters. The van der Waals surface area contributed by atoms with E-state index in [1.807, 2.05) is 17.0 Å². The van der Waals surface area contributed by atoms with Crippen LogP contribution in [0.15, 0.2) is 43.2 Å². The molecule has 0 spiro atoms. The van der Waals surface area contributed by atoms with Gasteiger partial charge in [-0.25, -0.2) is 9.97 Å². The topological polar surface area (TPSA) is 96.9 Å². The minimum absolute atomic E-state index is 0.109. The van der Waals surface area contributed by atoms with Crippen LogP contribution in [0.1, 0.15) is 28.9 Å². The molecule has 1 aliphatic heterocycles. The third-order valence-electron chi connectivity index (χ3n) is 4.34. The van der Waals surface area contributed by atoms with Gasteiger partial charge in [0.25, 0.3) is 0 Å². The van der Waals surface area contributed by atoms with Crippen LogP contribution >= 0.6 is 0 Å². The molecule has 0 radical (unpaired) electrons. The lowest BCUT2D eigenvalue weighted by Crippen LogP contribution is -2.26. The number of carbonyl (C=O) groups excluding carboxylic acids is 1. The highest BCUT2D eigenvalue weighted by Crippen LogP contribution is 2.25. The fourth-order valence-corrected chi connectivity index (χ4v) is 2.95. The number of amides is 1. The average Bonchev–Trinajstić information content (AvgIpc) is 3.27. The molecule has 0 aromatic carbocycles. The second-order valence-corrected chi connectivity index (χ2v) is 6.10. The molecule has 4 rings (SSSR count). The standard InChI is InChI=1S/C18H18N6O2/c25-18(4-3-13-6-20-12-21-7-13)24-9-15-16(10-24)22-23-17(15)11-26-14-2-1-5-19-8-14/h1-2,5-8,12H,3-4,9-11H2,(H,22,23). The number of nitrogens with zero attached hydrogens (tertiary/aromatic N) is 5. The molecule has 0 bridgehead atoms. The van der Waals surface area contributed by atoms with E-state index in [0.717, 1.165) is 22.5 Å². The molecule has 0 aliphatic carbocycles. The maximum atomic E-state index is 12.5. The van der Waals surface area contributed by atoms with Crippen molar-refractivity contribution in [1.29, 1.82) is 0 Å². The first-order valence-corrected chi connectivity index (χ1v) is 8.39. The van der Waals surface area contributed by atoms with Gasteiger partial charge in [0.15, 0.2) is 0 Å². The van der Waals surface area contributed by atoms with Crippen LogP contribution in [0.25, 0.3) is 0 Å². The van der Waals surface area contributed by atoms with Crippen LogP contribution in [0, 0.1) is 0 Å². The van der Waals surface area contributed by atoms with Gasteiger partial charge in [-0.05, 0) is 24.1 Å². The molecule has 8 nitrogen and oxygen atoms in total. The highest BCUT2D eigenvalue weighted by molar-refractivity contribution is 5.77. The largest absolute Gasteiger partial charge is 0.486 e. The lowest BCUT2D eigenvalue weighted by molar-refractivity contribution is -0.131. The second kappa shape index (κ2) is 7.30. The number of pyridine rings is 1. The molecule has 0 saturated heterocycles. The Morgan fingerprint density at radius 1 is 1.19 bits per heavy atom. The van der Waals surface area contributed by atoms with Crippen molar-refractivity contribution in [2.75, 3.05) is 0 Å². The van der Waals surface area contributed by atoms with Crippen LogP contribution < -0.4 is 4.74 Å². The molecule has 0 unspecified atom stereocenters. The summed E-state index contributed by atoms with van der Waals surface area (Å²) in [6.45, 7) is 1.46. The summed E-state index contributed by atoms with van der Waals surface area (Å²) in [5.41, 5.74) is 3.82. The highest BCUT2D eigenvalue weighted by atomic mass is 16.5. The zero-order chi connectivity index (χ0) is 17.8. The van der Waals surface area contributed by atoms with E-state index in [1.165, 1.54) is 6.33 Å². The van der Waals surface area contributed by atoms with Crippen LogP contribution in [0.3, 0.4) is 0 Å². The fraction of sp³-hybridized carbons (Fsp3) is 0.278. The molecule has 0 saturated carbocycles. The van der Waals surface area contributed by atoms with E-state index in [-0.39, 0.29) is 5.91 Å². The van der Waals surface area contributed by atoms with Crippen molar-refractivity contribution in [1.82, 2.24) is 30.0 Å². The maximum Gasteiger partial charge on any atom is 0.223 e. The minimum Gasteiger partial charge on any atom is -0.486 e. The Kier molecular flexibility index (Phi) is 4.55. The number of carbonyl (C=O) groups is 1. The SMILES string of the molecule is O=C(CCc1cncnc1)N1Cc2[nH]nc(COc3cccnc3)c2C1. The number of fused-ring (bicyclic) bond motifs is 1. The number of aromatic nitrogens is 5. The maximum absolute atomic E-state index is 12.5. The summed E-state index contributed by atoms with van der Waals surface area (Å²) in [5.74, 6) is 0.804. The summed E-state index contributed by atoms with van der Waals surface area (Å²) in [7, 11) is 0. The van der Waals surface area contributed by atoms with Gasteiger partial charge in [0.2, 0.25) is 5.91 Å². The molecule has 3 aromatic rings. The van der Waals surface area contributed by atoms with E-state index < -0.39 is 0 Å². The fourth-order valence-electron chi connectivity index (χ4n) is 2.95. The Morgan fingerprint density at radius 3 is 2.88 bits per heavy atom. The summed E-state index contributed by atoms with van der Waals surface area (Å²) >= 11 is 0. The Bertz CT molecular complexity index is 881. The number of hydrogen-bond acceptors (Lipinski definition) is 6. The number of H-pyrrole nitrogens is 1. The number of ether oxygens (including phenoxy) is 1. The van der Waals surface area contributed by atoms with Gasteiger partial charge in [-0.3, -0.25) is 14.9 Å². The van der Waals surface area contributed by atoms with Crippen LogP contribution in [-0.2, 0) is 30.9 Å². The Morgan fingerprint density at radius 2 is 2.08 bits per heavy atom. The monoisotopic (exact) mass is 350 g/mol. The van der Waals surface area contributed by atoms with E-state index >= 15 is 0 Å². The van der Waals surface area contributed by atoms with Gasteiger partial charge in [-0.2, -0.15) is 5.10 Å². The second-order valence-electron chi connectivity index (χ2n) is 6.10. The van der Waals surface area contributed by atoms with E-state index in [4.69, 9.17) is 4.74 Å². The number of rotatable bonds is 6. The van der Waals surface area contributed by atoms with Crippen molar-refractivity contribution in [2.24, 2.45) is 0 Å². The van der Waals surface area contributed by atoms with Crippen molar-refractivity contribution >= 4 is 5.91 Å². The lowest BCUT2D eigenvalue weighted by atomic mass is 10.2. The van der Waals surface area contributed by atoms with Crippen molar-refractivity contribution in [3.63, 3.8) is 0 Å². The molecular weight excluding hydrogens is 332 g/mol. The minimum atomic E-state index is 0.109. The molecule has 3 aromatic heterocycles. The molecular formula is C18H18N6O2. The van der Waals surface area contributed by atoms with Gasteiger partial charge in [-0.15, -0.1) is 0 Å². The molecule has 4 heterocycles. The van der Waals surface area contributed by atoms with Crippen LogP contribution in [0.5, 0.6) is 5.75 Å². The van der Waals surface area contributed by atoms with E-state index in [1.54, 1.807) is 24.8 Å². The van der Waals surface area contributed by atoms with E-state index in [2.05, 4.69) is 25.1 Å². The predicted octanol–water partition coefficient (Wildman–Crippen LogP) is 1.65. The summed E-state index contributed by atoms with van der Waals surface area (Å²) in [4.78, 5) is 26.3. The Balaban J connectivity index is 1.34. The Hall–Kier alpha value is -3.29. The normalized spacial score (nSPS) is 12.8. The van der Waals surface area contributed by atoms with Gasteiger partial charge in [0.1, 0.15) is 24.4 Å². The van der Waals surface area contributed by atoms with E-state index in [0.29, 0.717) is 38.3 Å². The van der Waals surface area contributed by atoms with Crippen LogP contribution in [0.2, 0.25) is 0 Å². The van der Waals surface area contributed by atoms with Crippen molar-refractivity contribution in [2.45, 2.75) is 32.5 Å². The first kappa shape index (κ1) is 16.2. The molecule has 1 amide bonds. The quantitative estimate of drug-likeness (QED) is 0.726. The van der Waals surface area contributed by atoms with Gasteiger partial charge in [-0.1, -0.05) is 0 Å². The molecule has 132 valence electrons. The van der Waals surface area contributed by atoms with Gasteiger partial charge >= 0.3 is 0 Å². The number of aromatic amines is 1. The number of aryl methyl sites for hydroxylation is 1. The molecule has 8 heteroatoms. The highest BCUT2D eigenvalue weighted by Gasteiger charge is 2.28. The summed E-state index contributed by atoms with van der Waals surface area (Å²) < 4.78 is 5.71. The van der Waals surface area contributed by atoms with Crippen molar-refractivity contribution in [3.8, 4) is 5.75 Å². The van der Waals surface area contributed by atoms with Crippen molar-refractivity contribution in [3.05, 3.63) is 65.8 Å². The third-order valence-corrected chi connectivity index (χ3v) is 4.34. The third kappa shape index (κ3) is 3.53. The number of hydrogen-bond donors (Lipinski definition) is 1. The number of nitrogens with one attached hydrogen (secondary N) is 1. The average molecular weight is 350 g/mol.